The standard InChI is InChI=1S/C22H18BrN3O3/c23-19-11-4-5-12-20(19)25-21(27)22(28)26-24-14-17-9-6-10-18(13-17)29-15-16-7-2-1-3-8-16/h1-14H,15H2,(H,25,27)(H,26,28)/b24-14-. The Bertz CT molecular complexity index is 1020. The average molecular weight is 452 g/mol. The van der Waals surface area contributed by atoms with E-state index in [2.05, 4.69) is 31.8 Å². The quantitative estimate of drug-likeness (QED) is 0.336. The fourth-order valence-electron chi connectivity index (χ4n) is 2.38. The number of para-hydroxylation sites is 1. The highest BCUT2D eigenvalue weighted by molar-refractivity contribution is 9.10. The Kier molecular flexibility index (Phi) is 7.13. The normalized spacial score (nSPS) is 10.5. The first-order valence-electron chi connectivity index (χ1n) is 8.77. The Morgan fingerprint density at radius 1 is 0.931 bits per heavy atom. The summed E-state index contributed by atoms with van der Waals surface area (Å²) >= 11 is 3.30. The van der Waals surface area contributed by atoms with Gasteiger partial charge in [0.1, 0.15) is 12.4 Å². The van der Waals surface area contributed by atoms with Gasteiger partial charge in [-0.05, 0) is 51.3 Å². The second kappa shape index (κ2) is 10.2. The summed E-state index contributed by atoms with van der Waals surface area (Å²) in [7, 11) is 0. The first-order valence-corrected chi connectivity index (χ1v) is 9.57. The molecule has 0 saturated heterocycles. The van der Waals surface area contributed by atoms with Crippen LogP contribution < -0.4 is 15.5 Å². The van der Waals surface area contributed by atoms with Crippen molar-refractivity contribution in [2.24, 2.45) is 5.10 Å². The van der Waals surface area contributed by atoms with Crippen molar-refractivity contribution in [3.05, 3.63) is 94.5 Å². The molecule has 0 heterocycles. The molecule has 2 amide bonds. The number of hydrogen-bond acceptors (Lipinski definition) is 4. The molecule has 0 aliphatic rings. The number of amides is 2. The lowest BCUT2D eigenvalue weighted by molar-refractivity contribution is -0.136. The van der Waals surface area contributed by atoms with Gasteiger partial charge in [-0.3, -0.25) is 9.59 Å². The molecule has 0 spiro atoms. The van der Waals surface area contributed by atoms with Gasteiger partial charge in [0.25, 0.3) is 0 Å². The molecule has 2 N–H and O–H groups in total. The van der Waals surface area contributed by atoms with Crippen molar-refractivity contribution in [3.8, 4) is 5.75 Å². The number of carbonyl (C=O) groups is 2. The second-order valence-electron chi connectivity index (χ2n) is 5.98. The van der Waals surface area contributed by atoms with E-state index in [1.165, 1.54) is 6.21 Å². The van der Waals surface area contributed by atoms with Gasteiger partial charge < -0.3 is 10.1 Å². The van der Waals surface area contributed by atoms with Gasteiger partial charge in [0.15, 0.2) is 0 Å². The van der Waals surface area contributed by atoms with E-state index in [-0.39, 0.29) is 0 Å². The molecule has 0 radical (unpaired) electrons. The monoisotopic (exact) mass is 451 g/mol. The average Bonchev–Trinajstić information content (AvgIpc) is 2.75. The molecule has 0 aliphatic carbocycles. The predicted molar refractivity (Wildman–Crippen MR) is 116 cm³/mol. The van der Waals surface area contributed by atoms with E-state index in [1.807, 2.05) is 54.6 Å². The van der Waals surface area contributed by atoms with Crippen molar-refractivity contribution in [1.82, 2.24) is 5.43 Å². The van der Waals surface area contributed by atoms with Crippen LogP contribution in [0.4, 0.5) is 5.69 Å². The van der Waals surface area contributed by atoms with Crippen LogP contribution in [0.25, 0.3) is 0 Å². The Labute approximate surface area is 176 Å². The number of hydrogen-bond donors (Lipinski definition) is 2. The molecule has 0 atom stereocenters. The van der Waals surface area contributed by atoms with Crippen LogP contribution in [0, 0.1) is 0 Å². The van der Waals surface area contributed by atoms with E-state index in [4.69, 9.17) is 4.74 Å². The molecule has 6 nitrogen and oxygen atoms in total. The SMILES string of the molecule is O=C(N/N=C\c1cccc(OCc2ccccc2)c1)C(=O)Nc1ccccc1Br. The number of ether oxygens (including phenoxy) is 1. The minimum atomic E-state index is -0.867. The molecule has 3 aromatic carbocycles. The Morgan fingerprint density at radius 3 is 2.48 bits per heavy atom. The van der Waals surface area contributed by atoms with E-state index >= 15 is 0 Å². The minimum absolute atomic E-state index is 0.452. The van der Waals surface area contributed by atoms with Crippen molar-refractivity contribution in [2.75, 3.05) is 5.32 Å². The molecular weight excluding hydrogens is 434 g/mol. The smallest absolute Gasteiger partial charge is 0.329 e. The van der Waals surface area contributed by atoms with E-state index in [9.17, 15) is 9.59 Å². The van der Waals surface area contributed by atoms with Crippen molar-refractivity contribution in [3.63, 3.8) is 0 Å². The van der Waals surface area contributed by atoms with Crippen molar-refractivity contribution >= 4 is 39.6 Å². The number of hydrazone groups is 1. The number of benzene rings is 3. The summed E-state index contributed by atoms with van der Waals surface area (Å²) in [5, 5.41) is 6.34. The van der Waals surface area contributed by atoms with Crippen molar-refractivity contribution in [2.45, 2.75) is 6.61 Å². The number of nitrogens with one attached hydrogen (secondary N) is 2. The zero-order chi connectivity index (χ0) is 20.5. The molecule has 3 rings (SSSR count). The van der Waals surface area contributed by atoms with E-state index in [0.717, 1.165) is 11.1 Å². The number of carbonyl (C=O) groups excluding carboxylic acids is 2. The van der Waals surface area contributed by atoms with Gasteiger partial charge in [-0.25, -0.2) is 5.43 Å². The Balaban J connectivity index is 1.52. The van der Waals surface area contributed by atoms with Crippen LogP contribution in [0.1, 0.15) is 11.1 Å². The first-order chi connectivity index (χ1) is 14.1. The van der Waals surface area contributed by atoms with Crippen molar-refractivity contribution in [1.29, 1.82) is 0 Å². The maximum atomic E-state index is 11.9. The highest BCUT2D eigenvalue weighted by Crippen LogP contribution is 2.20. The van der Waals surface area contributed by atoms with E-state index in [1.54, 1.807) is 24.3 Å². The highest BCUT2D eigenvalue weighted by Gasteiger charge is 2.13. The van der Waals surface area contributed by atoms with Gasteiger partial charge in [0.2, 0.25) is 0 Å². The molecular formula is C22H18BrN3O3. The fourth-order valence-corrected chi connectivity index (χ4v) is 2.77. The number of anilines is 1. The summed E-state index contributed by atoms with van der Waals surface area (Å²) in [6, 6.07) is 24.1. The van der Waals surface area contributed by atoms with Gasteiger partial charge in [-0.15, -0.1) is 0 Å². The maximum Gasteiger partial charge on any atom is 0.329 e. The zero-order valence-corrected chi connectivity index (χ0v) is 16.9. The lowest BCUT2D eigenvalue weighted by Gasteiger charge is -2.07. The van der Waals surface area contributed by atoms with Crippen LogP contribution in [-0.4, -0.2) is 18.0 Å². The lowest BCUT2D eigenvalue weighted by atomic mass is 10.2. The minimum Gasteiger partial charge on any atom is -0.489 e. The lowest BCUT2D eigenvalue weighted by Crippen LogP contribution is -2.32. The third kappa shape index (κ3) is 6.29. The summed E-state index contributed by atoms with van der Waals surface area (Å²) in [5.41, 5.74) is 4.50. The van der Waals surface area contributed by atoms with Crippen LogP contribution in [-0.2, 0) is 16.2 Å². The Morgan fingerprint density at radius 2 is 1.69 bits per heavy atom. The molecule has 0 bridgehead atoms. The topological polar surface area (TPSA) is 79.8 Å². The van der Waals surface area contributed by atoms with Gasteiger partial charge in [-0.1, -0.05) is 54.6 Å². The van der Waals surface area contributed by atoms with E-state index < -0.39 is 11.8 Å². The van der Waals surface area contributed by atoms with Gasteiger partial charge in [0, 0.05) is 4.47 Å². The van der Waals surface area contributed by atoms with Crippen LogP contribution in [0.3, 0.4) is 0 Å². The predicted octanol–water partition coefficient (Wildman–Crippen LogP) is 4.12. The molecule has 0 fully saturated rings. The van der Waals surface area contributed by atoms with Crippen LogP contribution in [0.15, 0.2) is 88.4 Å². The van der Waals surface area contributed by atoms with Crippen LogP contribution in [0.2, 0.25) is 0 Å². The van der Waals surface area contributed by atoms with Gasteiger partial charge in [-0.2, -0.15) is 5.10 Å². The summed E-state index contributed by atoms with van der Waals surface area (Å²) < 4.78 is 6.44. The summed E-state index contributed by atoms with van der Waals surface area (Å²) in [4.78, 5) is 23.8. The molecule has 0 saturated carbocycles. The summed E-state index contributed by atoms with van der Waals surface area (Å²) in [6.45, 7) is 0.452. The van der Waals surface area contributed by atoms with Gasteiger partial charge >= 0.3 is 11.8 Å². The molecule has 0 aromatic heterocycles. The number of nitrogens with zero attached hydrogens (tertiary/aromatic N) is 1. The fraction of sp³-hybridized carbons (Fsp3) is 0.0455. The van der Waals surface area contributed by atoms with Crippen LogP contribution >= 0.6 is 15.9 Å². The molecule has 146 valence electrons. The first kappa shape index (κ1) is 20.3. The highest BCUT2D eigenvalue weighted by atomic mass is 79.9. The zero-order valence-electron chi connectivity index (χ0n) is 15.3. The molecule has 0 unspecified atom stereocenters. The maximum absolute atomic E-state index is 11.9. The third-order valence-corrected chi connectivity index (χ3v) is 4.51. The Hall–Kier alpha value is -3.45. The second-order valence-corrected chi connectivity index (χ2v) is 6.83. The molecule has 0 aliphatic heterocycles. The van der Waals surface area contributed by atoms with Gasteiger partial charge in [0.05, 0.1) is 11.9 Å². The summed E-state index contributed by atoms with van der Waals surface area (Å²) in [5.74, 6) is -1.00. The van der Waals surface area contributed by atoms with Crippen molar-refractivity contribution < 1.29 is 14.3 Å². The molecule has 29 heavy (non-hydrogen) atoms. The molecule has 3 aromatic rings. The largest absolute Gasteiger partial charge is 0.489 e. The number of halogens is 1. The summed E-state index contributed by atoms with van der Waals surface area (Å²) in [6.07, 6.45) is 1.44. The van der Waals surface area contributed by atoms with E-state index in [0.29, 0.717) is 22.5 Å². The number of rotatable bonds is 6. The van der Waals surface area contributed by atoms with Crippen LogP contribution in [0.5, 0.6) is 5.75 Å². The third-order valence-electron chi connectivity index (χ3n) is 3.81. The molecule has 7 heteroatoms.